The second-order valence-electron chi connectivity index (χ2n) is 7.97. The van der Waals surface area contributed by atoms with Crippen LogP contribution in [0.3, 0.4) is 0 Å². The van der Waals surface area contributed by atoms with Crippen LogP contribution in [0.15, 0.2) is 35.5 Å². The first-order valence-corrected chi connectivity index (χ1v) is 8.77. The fourth-order valence-electron chi connectivity index (χ4n) is 2.58. The number of nitrogens with one attached hydrogen (secondary N) is 2. The van der Waals surface area contributed by atoms with E-state index < -0.39 is 12.0 Å². The van der Waals surface area contributed by atoms with Crippen molar-refractivity contribution in [2.24, 2.45) is 5.41 Å². The monoisotopic (exact) mass is 359 g/mol. The van der Waals surface area contributed by atoms with Gasteiger partial charge < -0.3 is 20.3 Å². The van der Waals surface area contributed by atoms with Gasteiger partial charge in [0, 0.05) is 25.5 Å². The van der Waals surface area contributed by atoms with Gasteiger partial charge in [0.15, 0.2) is 0 Å². The second-order valence-corrected chi connectivity index (χ2v) is 7.97. The van der Waals surface area contributed by atoms with E-state index in [1.54, 1.807) is 6.92 Å². The minimum Gasteiger partial charge on any atom is -0.459 e. The lowest BCUT2D eigenvalue weighted by atomic mass is 9.90. The zero-order valence-corrected chi connectivity index (χ0v) is 16.6. The molecule has 1 aliphatic rings. The first kappa shape index (κ1) is 19.8. The van der Waals surface area contributed by atoms with Crippen molar-refractivity contribution < 1.29 is 14.3 Å². The van der Waals surface area contributed by atoms with Crippen molar-refractivity contribution in [1.82, 2.24) is 10.6 Å². The number of nitrogens with zero attached hydrogens (tertiary/aromatic N) is 1. The molecule has 0 aliphatic carbocycles. The molecule has 2 rings (SSSR count). The average Bonchev–Trinajstić information content (AvgIpc) is 2.53. The largest absolute Gasteiger partial charge is 0.459 e. The Hall–Kier alpha value is -2.50. The fourth-order valence-corrected chi connectivity index (χ4v) is 2.58. The molecule has 2 amide bonds. The van der Waals surface area contributed by atoms with E-state index in [2.05, 4.69) is 10.6 Å². The molecule has 0 saturated heterocycles. The van der Waals surface area contributed by atoms with Crippen LogP contribution in [0.25, 0.3) is 0 Å². The second kappa shape index (κ2) is 7.40. The van der Waals surface area contributed by atoms with Crippen LogP contribution in [0.4, 0.5) is 10.5 Å². The van der Waals surface area contributed by atoms with E-state index in [4.69, 9.17) is 4.74 Å². The summed E-state index contributed by atoms with van der Waals surface area (Å²) in [5, 5.41) is 5.50. The molecular weight excluding hydrogens is 330 g/mol. The molecule has 0 aromatic heterocycles. The Balaban J connectivity index is 2.35. The predicted molar refractivity (Wildman–Crippen MR) is 103 cm³/mol. The lowest BCUT2D eigenvalue weighted by molar-refractivity contribution is -0.149. The molecule has 1 aromatic carbocycles. The molecule has 142 valence electrons. The van der Waals surface area contributed by atoms with Gasteiger partial charge in [-0.2, -0.15) is 0 Å². The van der Waals surface area contributed by atoms with Crippen molar-refractivity contribution >= 4 is 17.7 Å². The number of urea groups is 1. The first-order valence-electron chi connectivity index (χ1n) is 8.77. The van der Waals surface area contributed by atoms with Gasteiger partial charge in [-0.1, -0.05) is 32.9 Å². The minimum atomic E-state index is -0.542. The summed E-state index contributed by atoms with van der Waals surface area (Å²) in [6, 6.07) is 6.88. The van der Waals surface area contributed by atoms with Crippen molar-refractivity contribution in [2.75, 3.05) is 19.0 Å². The number of hydrogen-bond donors (Lipinski definition) is 2. The lowest BCUT2D eigenvalue weighted by Gasteiger charge is -2.31. The van der Waals surface area contributed by atoms with E-state index in [0.717, 1.165) is 11.3 Å². The summed E-state index contributed by atoms with van der Waals surface area (Å²) >= 11 is 0. The van der Waals surface area contributed by atoms with E-state index in [-0.39, 0.29) is 17.6 Å². The number of allylic oxidation sites excluding steroid dienone is 1. The van der Waals surface area contributed by atoms with E-state index >= 15 is 0 Å². The normalized spacial score (nSPS) is 18.7. The summed E-state index contributed by atoms with van der Waals surface area (Å²) < 4.78 is 5.68. The highest BCUT2D eigenvalue weighted by molar-refractivity contribution is 5.95. The van der Waals surface area contributed by atoms with Crippen LogP contribution >= 0.6 is 0 Å². The minimum absolute atomic E-state index is 0.168. The van der Waals surface area contributed by atoms with E-state index in [1.807, 2.05) is 71.0 Å². The van der Waals surface area contributed by atoms with Gasteiger partial charge in [-0.15, -0.1) is 0 Å². The van der Waals surface area contributed by atoms with Crippen molar-refractivity contribution in [3.05, 3.63) is 41.1 Å². The van der Waals surface area contributed by atoms with Crippen LogP contribution in [0.1, 0.15) is 46.2 Å². The molecule has 1 aromatic rings. The van der Waals surface area contributed by atoms with E-state index in [1.165, 1.54) is 0 Å². The van der Waals surface area contributed by atoms with Gasteiger partial charge in [0.2, 0.25) is 0 Å². The zero-order valence-electron chi connectivity index (χ0n) is 16.6. The molecule has 0 unspecified atom stereocenters. The summed E-state index contributed by atoms with van der Waals surface area (Å²) in [5.41, 5.74) is 2.65. The van der Waals surface area contributed by atoms with Gasteiger partial charge >= 0.3 is 12.0 Å². The Bertz CT molecular complexity index is 715. The summed E-state index contributed by atoms with van der Waals surface area (Å²) in [7, 11) is 3.92. The Labute approximate surface area is 155 Å². The maximum Gasteiger partial charge on any atom is 0.338 e. The zero-order chi connectivity index (χ0) is 19.6. The molecule has 0 saturated carbocycles. The smallest absolute Gasteiger partial charge is 0.338 e. The van der Waals surface area contributed by atoms with E-state index in [9.17, 15) is 9.59 Å². The lowest BCUT2D eigenvalue weighted by Crippen LogP contribution is -2.46. The quantitative estimate of drug-likeness (QED) is 0.809. The first-order chi connectivity index (χ1) is 12.0. The number of ether oxygens (including phenoxy) is 1. The molecule has 0 bridgehead atoms. The number of carbonyl (C=O) groups excluding carboxylic acids is 2. The number of carbonyl (C=O) groups is 2. The molecule has 2 N–H and O–H groups in total. The Kier molecular flexibility index (Phi) is 5.64. The van der Waals surface area contributed by atoms with Crippen LogP contribution in [-0.4, -0.2) is 32.2 Å². The van der Waals surface area contributed by atoms with Crippen LogP contribution in [0, 0.1) is 5.41 Å². The highest BCUT2D eigenvalue weighted by atomic mass is 16.5. The summed E-state index contributed by atoms with van der Waals surface area (Å²) in [4.78, 5) is 26.8. The van der Waals surface area contributed by atoms with Gasteiger partial charge in [-0.25, -0.2) is 9.59 Å². The summed E-state index contributed by atoms with van der Waals surface area (Å²) in [5.74, 6) is -0.417. The Morgan fingerprint density at radius 3 is 2.27 bits per heavy atom. The molecule has 0 radical (unpaired) electrons. The average molecular weight is 359 g/mol. The maximum atomic E-state index is 12.9. The van der Waals surface area contributed by atoms with Crippen molar-refractivity contribution in [3.63, 3.8) is 0 Å². The van der Waals surface area contributed by atoms with E-state index in [0.29, 0.717) is 11.3 Å². The molecule has 6 nitrogen and oxygen atoms in total. The maximum absolute atomic E-state index is 12.9. The molecule has 0 spiro atoms. The number of hydrogen-bond acceptors (Lipinski definition) is 4. The van der Waals surface area contributed by atoms with Crippen LogP contribution in [-0.2, 0) is 9.53 Å². The fraction of sp³-hybridized carbons (Fsp3) is 0.500. The third-order valence-electron chi connectivity index (χ3n) is 4.74. The highest BCUT2D eigenvalue weighted by Gasteiger charge is 2.34. The Morgan fingerprint density at radius 2 is 1.77 bits per heavy atom. The van der Waals surface area contributed by atoms with Crippen molar-refractivity contribution in [1.29, 1.82) is 0 Å². The van der Waals surface area contributed by atoms with Gasteiger partial charge in [0.1, 0.15) is 6.10 Å². The van der Waals surface area contributed by atoms with Gasteiger partial charge in [-0.05, 0) is 37.0 Å². The topological polar surface area (TPSA) is 70.7 Å². The number of benzene rings is 1. The molecule has 1 heterocycles. The summed E-state index contributed by atoms with van der Waals surface area (Å²) in [6.45, 7) is 9.65. The molecule has 1 aliphatic heterocycles. The number of anilines is 1. The highest BCUT2D eigenvalue weighted by Crippen LogP contribution is 2.30. The number of rotatable bonds is 4. The third kappa shape index (κ3) is 4.36. The molecule has 0 fully saturated rings. The molecular formula is C20H29N3O3. The van der Waals surface area contributed by atoms with Gasteiger partial charge in [0.25, 0.3) is 0 Å². The molecule has 6 heteroatoms. The van der Waals surface area contributed by atoms with Crippen LogP contribution in [0.5, 0.6) is 0 Å². The molecule has 26 heavy (non-hydrogen) atoms. The van der Waals surface area contributed by atoms with Crippen molar-refractivity contribution in [3.8, 4) is 0 Å². The number of esters is 1. The SMILES string of the molecule is CC1=C(C(=O)O[C@H](C)C(C)(C)C)[C@@H](c2ccc(N(C)C)cc2)NC(=O)N1. The standard InChI is InChI=1S/C20H29N3O3/c1-12-16(18(24)26-13(2)20(3,4)5)17(22-19(25)21-12)14-8-10-15(11-9-14)23(6)7/h8-11,13,17H,1-7H3,(H2,21,22,25)/t13-,17-/m1/s1. The van der Waals surface area contributed by atoms with Crippen LogP contribution in [0.2, 0.25) is 0 Å². The van der Waals surface area contributed by atoms with Gasteiger partial charge in [0.05, 0.1) is 11.6 Å². The van der Waals surface area contributed by atoms with Crippen molar-refractivity contribution in [2.45, 2.75) is 46.8 Å². The molecule has 2 atom stereocenters. The number of amides is 2. The van der Waals surface area contributed by atoms with Gasteiger partial charge in [-0.3, -0.25) is 0 Å². The Morgan fingerprint density at radius 1 is 1.19 bits per heavy atom. The predicted octanol–water partition coefficient (Wildman–Crippen LogP) is 3.36. The third-order valence-corrected chi connectivity index (χ3v) is 4.74. The van der Waals surface area contributed by atoms with Crippen LogP contribution < -0.4 is 15.5 Å². The summed E-state index contributed by atoms with van der Waals surface area (Å²) in [6.07, 6.45) is -0.260.